The molecule has 0 spiro atoms. The molecule has 0 unspecified atom stereocenters. The quantitative estimate of drug-likeness (QED) is 0.390. The van der Waals surface area contributed by atoms with E-state index in [9.17, 15) is 0 Å². The van der Waals surface area contributed by atoms with Crippen molar-refractivity contribution in [3.63, 3.8) is 0 Å². The molecule has 0 saturated heterocycles. The summed E-state index contributed by atoms with van der Waals surface area (Å²) in [4.78, 5) is 0. The molecule has 0 bridgehead atoms. The van der Waals surface area contributed by atoms with Crippen molar-refractivity contribution < 1.29 is 0 Å². The summed E-state index contributed by atoms with van der Waals surface area (Å²) in [5.41, 5.74) is 5.81. The van der Waals surface area contributed by atoms with Crippen molar-refractivity contribution in [2.24, 2.45) is 0 Å². The van der Waals surface area contributed by atoms with E-state index in [1.165, 1.54) is 0 Å². The highest BCUT2D eigenvalue weighted by molar-refractivity contribution is 4.68. The van der Waals surface area contributed by atoms with Crippen LogP contribution in [0.1, 0.15) is 0 Å². The monoisotopic (exact) mass is 115 g/mol. The third-order valence-corrected chi connectivity index (χ3v) is 0.852. The Bertz CT molecular complexity index is 58.7. The van der Waals surface area contributed by atoms with Crippen LogP contribution < -0.4 is 10.9 Å². The molecule has 0 aliphatic carbocycles. The normalized spacial score (nSPS) is 9.88. The Morgan fingerprint density at radius 3 is 2.12 bits per heavy atom. The predicted octanol–water partition coefficient (Wildman–Crippen LogP) is -0.257. The van der Waals surface area contributed by atoms with Crippen LogP contribution in [0.3, 0.4) is 0 Å². The predicted molar refractivity (Wildman–Crippen MR) is 35.0 cm³/mol. The zero-order valence-electron chi connectivity index (χ0n) is 5.44. The molecule has 2 N–H and O–H groups in total. The van der Waals surface area contributed by atoms with Gasteiger partial charge in [-0.2, -0.15) is 5.12 Å². The van der Waals surface area contributed by atoms with E-state index in [4.69, 9.17) is 0 Å². The number of nitrogens with zero attached hydrogens (tertiary/aromatic N) is 1. The minimum absolute atomic E-state index is 0.799. The molecule has 0 aromatic heterocycles. The molecule has 0 aromatic carbocycles. The van der Waals surface area contributed by atoms with Crippen molar-refractivity contribution in [1.29, 1.82) is 0 Å². The lowest BCUT2D eigenvalue weighted by molar-refractivity contribution is 0.167. The zero-order valence-corrected chi connectivity index (χ0v) is 5.44. The van der Waals surface area contributed by atoms with E-state index < -0.39 is 0 Å². The van der Waals surface area contributed by atoms with E-state index in [0.717, 1.165) is 6.54 Å². The molecule has 0 atom stereocenters. The van der Waals surface area contributed by atoms with Crippen molar-refractivity contribution >= 4 is 0 Å². The number of nitrogens with one attached hydrogen (secondary N) is 2. The van der Waals surface area contributed by atoms with Crippen LogP contribution in [0.25, 0.3) is 0 Å². The standard InChI is InChI=1S/C5H13N3/c1-4-5-8(6-2)7-3/h4,6-7H,1,5H2,2-3H3. The minimum atomic E-state index is 0.799. The first-order chi connectivity index (χ1) is 3.85. The van der Waals surface area contributed by atoms with Gasteiger partial charge in [0.2, 0.25) is 0 Å². The third kappa shape index (κ3) is 2.74. The molecule has 0 aliphatic heterocycles. The summed E-state index contributed by atoms with van der Waals surface area (Å²) in [5, 5.41) is 1.81. The van der Waals surface area contributed by atoms with E-state index >= 15 is 0 Å². The molecular formula is C5H13N3. The Kier molecular flexibility index (Phi) is 4.54. The molecule has 0 aromatic rings. The van der Waals surface area contributed by atoms with E-state index in [-0.39, 0.29) is 0 Å². The van der Waals surface area contributed by atoms with Gasteiger partial charge in [0.25, 0.3) is 0 Å². The first-order valence-corrected chi connectivity index (χ1v) is 2.58. The van der Waals surface area contributed by atoms with Gasteiger partial charge in [-0.1, -0.05) is 6.08 Å². The highest BCUT2D eigenvalue weighted by atomic mass is 15.7. The Labute approximate surface area is 50.3 Å². The fourth-order valence-corrected chi connectivity index (χ4v) is 0.423. The lowest BCUT2D eigenvalue weighted by atomic mass is 10.6. The lowest BCUT2D eigenvalue weighted by Gasteiger charge is -2.16. The Balaban J connectivity index is 3.20. The SMILES string of the molecule is C=CCN(NC)NC. The number of rotatable bonds is 4. The largest absolute Gasteiger partial charge is 0.244 e. The third-order valence-electron chi connectivity index (χ3n) is 0.852. The molecule has 0 rings (SSSR count). The van der Waals surface area contributed by atoms with Crippen LogP contribution in [0.2, 0.25) is 0 Å². The van der Waals surface area contributed by atoms with Crippen LogP contribution in [-0.2, 0) is 0 Å². The first kappa shape index (κ1) is 7.62. The topological polar surface area (TPSA) is 27.3 Å². The van der Waals surface area contributed by atoms with Crippen LogP contribution in [-0.4, -0.2) is 25.8 Å². The van der Waals surface area contributed by atoms with Crippen molar-refractivity contribution in [2.45, 2.75) is 0 Å². The summed E-state index contributed by atoms with van der Waals surface area (Å²) in [6, 6.07) is 0. The number of hydrogen-bond donors (Lipinski definition) is 2. The fourth-order valence-electron chi connectivity index (χ4n) is 0.423. The van der Waals surface area contributed by atoms with E-state index in [1.807, 2.05) is 25.3 Å². The molecule has 0 aliphatic rings. The average Bonchev–Trinajstić information content (AvgIpc) is 1.83. The van der Waals surface area contributed by atoms with Gasteiger partial charge in [-0.15, -0.1) is 6.58 Å². The van der Waals surface area contributed by atoms with Crippen LogP contribution in [0, 0.1) is 0 Å². The van der Waals surface area contributed by atoms with Gasteiger partial charge in [-0.05, 0) is 0 Å². The molecule has 3 nitrogen and oxygen atoms in total. The van der Waals surface area contributed by atoms with Crippen LogP contribution in [0.15, 0.2) is 12.7 Å². The van der Waals surface area contributed by atoms with Crippen molar-refractivity contribution in [2.75, 3.05) is 20.6 Å². The van der Waals surface area contributed by atoms with Gasteiger partial charge < -0.3 is 0 Å². The van der Waals surface area contributed by atoms with E-state index in [1.54, 1.807) is 0 Å². The first-order valence-electron chi connectivity index (χ1n) is 2.58. The summed E-state index contributed by atoms with van der Waals surface area (Å²) in [5.74, 6) is 0. The second-order valence-corrected chi connectivity index (χ2v) is 1.35. The maximum atomic E-state index is 3.57. The molecule has 0 radical (unpaired) electrons. The van der Waals surface area contributed by atoms with E-state index in [2.05, 4.69) is 17.4 Å². The van der Waals surface area contributed by atoms with Gasteiger partial charge in [0.05, 0.1) is 0 Å². The molecule has 3 heteroatoms. The molecule has 8 heavy (non-hydrogen) atoms. The van der Waals surface area contributed by atoms with E-state index in [0.29, 0.717) is 0 Å². The molecule has 0 amide bonds. The number of hydrogen-bond acceptors (Lipinski definition) is 3. The summed E-state index contributed by atoms with van der Waals surface area (Å²) >= 11 is 0. The molecule has 0 heterocycles. The van der Waals surface area contributed by atoms with Gasteiger partial charge >= 0.3 is 0 Å². The van der Waals surface area contributed by atoms with Gasteiger partial charge in [0.15, 0.2) is 0 Å². The average molecular weight is 115 g/mol. The Morgan fingerprint density at radius 1 is 1.50 bits per heavy atom. The fraction of sp³-hybridized carbons (Fsp3) is 0.600. The Morgan fingerprint density at radius 2 is 2.00 bits per heavy atom. The molecular weight excluding hydrogens is 102 g/mol. The smallest absolute Gasteiger partial charge is 0.0466 e. The second kappa shape index (κ2) is 4.77. The highest BCUT2D eigenvalue weighted by Crippen LogP contribution is 1.69. The molecule has 0 saturated carbocycles. The number of hydrazine groups is 2. The molecule has 48 valence electrons. The minimum Gasteiger partial charge on any atom is -0.244 e. The van der Waals surface area contributed by atoms with Crippen molar-refractivity contribution in [3.8, 4) is 0 Å². The van der Waals surface area contributed by atoms with Crippen molar-refractivity contribution in [3.05, 3.63) is 12.7 Å². The zero-order chi connectivity index (χ0) is 6.41. The van der Waals surface area contributed by atoms with Gasteiger partial charge in [-0.25, -0.2) is 10.9 Å². The highest BCUT2D eigenvalue weighted by Gasteiger charge is 1.88. The van der Waals surface area contributed by atoms with Crippen LogP contribution >= 0.6 is 0 Å². The van der Waals surface area contributed by atoms with Crippen LogP contribution in [0.4, 0.5) is 0 Å². The van der Waals surface area contributed by atoms with Gasteiger partial charge in [0, 0.05) is 20.6 Å². The Hall–Kier alpha value is -0.380. The van der Waals surface area contributed by atoms with Gasteiger partial charge in [0.1, 0.15) is 0 Å². The maximum Gasteiger partial charge on any atom is 0.0466 e. The van der Waals surface area contributed by atoms with Crippen LogP contribution in [0.5, 0.6) is 0 Å². The summed E-state index contributed by atoms with van der Waals surface area (Å²) in [6.07, 6.45) is 1.81. The summed E-state index contributed by atoms with van der Waals surface area (Å²) in [7, 11) is 3.69. The molecule has 0 fully saturated rings. The van der Waals surface area contributed by atoms with Gasteiger partial charge in [-0.3, -0.25) is 0 Å². The maximum absolute atomic E-state index is 3.57. The summed E-state index contributed by atoms with van der Waals surface area (Å²) in [6.45, 7) is 4.37. The van der Waals surface area contributed by atoms with Crippen molar-refractivity contribution in [1.82, 2.24) is 16.0 Å². The second-order valence-electron chi connectivity index (χ2n) is 1.35. The summed E-state index contributed by atoms with van der Waals surface area (Å²) < 4.78 is 0. The lowest BCUT2D eigenvalue weighted by Crippen LogP contribution is -2.43.